The second-order valence-corrected chi connectivity index (χ2v) is 20.3. The first-order chi connectivity index (χ1) is 39.5. The molecule has 2 aromatic rings. The number of carbonyl (C=O) groups excluding carboxylic acids is 4. The van der Waals surface area contributed by atoms with E-state index in [1.54, 1.807) is 29.2 Å². The van der Waals surface area contributed by atoms with Gasteiger partial charge in [0.1, 0.15) is 29.9 Å². The molecule has 0 fully saturated rings. The highest BCUT2D eigenvalue weighted by Gasteiger charge is 2.28. The van der Waals surface area contributed by atoms with Gasteiger partial charge in [-0.3, -0.25) is 43.6 Å². The van der Waals surface area contributed by atoms with E-state index in [1.165, 1.54) is 4.90 Å². The van der Waals surface area contributed by atoms with E-state index in [4.69, 9.17) is 17.3 Å². The molecule has 5 amide bonds. The minimum atomic E-state index is -1.53. The lowest BCUT2D eigenvalue weighted by Crippen LogP contribution is -2.51. The molecule has 29 heteroatoms. The van der Waals surface area contributed by atoms with Gasteiger partial charge in [0.25, 0.3) is 0 Å². The number of urea groups is 1. The van der Waals surface area contributed by atoms with E-state index in [2.05, 4.69) is 42.2 Å². The Kier molecular flexibility index (Phi) is 31.3. The average molecular weight is 1190 g/mol. The number of thiocarbonyl (C=S) groups is 1. The van der Waals surface area contributed by atoms with E-state index < -0.39 is 103 Å². The molecule has 1 aliphatic heterocycles. The Morgan fingerprint density at radius 2 is 1.08 bits per heavy atom. The van der Waals surface area contributed by atoms with Gasteiger partial charge < -0.3 is 73.0 Å². The van der Waals surface area contributed by atoms with Gasteiger partial charge in [0, 0.05) is 70.6 Å². The number of nitrogens with one attached hydrogen (secondary N) is 7. The molecule has 5 atom stereocenters. The van der Waals surface area contributed by atoms with Gasteiger partial charge in [-0.1, -0.05) is 55.3 Å². The maximum atomic E-state index is 13.6. The number of carbonyl (C=O) groups is 11. The van der Waals surface area contributed by atoms with Crippen LogP contribution in [0.4, 0.5) is 10.5 Å². The topological polar surface area (TPSA) is 432 Å². The van der Waals surface area contributed by atoms with Gasteiger partial charge in [-0.15, -0.1) is 0 Å². The smallest absolute Gasteiger partial charge is 0.351 e. The Morgan fingerprint density at radius 3 is 1.65 bits per heavy atom. The molecule has 83 heavy (non-hydrogen) atoms. The van der Waals surface area contributed by atoms with Crippen LogP contribution in [0.3, 0.4) is 0 Å². The van der Waals surface area contributed by atoms with Crippen molar-refractivity contribution in [2.24, 2.45) is 4.99 Å². The number of anilines is 1. The van der Waals surface area contributed by atoms with Crippen molar-refractivity contribution in [1.82, 2.24) is 41.7 Å². The number of rotatable bonds is 38. The summed E-state index contributed by atoms with van der Waals surface area (Å²) < 4.78 is 0. The largest absolute Gasteiger partial charge is 0.481 e. The number of hydrogen-bond donors (Lipinski definition) is 14. The highest BCUT2D eigenvalue weighted by molar-refractivity contribution is 7.80. The minimum Gasteiger partial charge on any atom is -0.481 e. The number of aliphatic carboxylic acids is 7. The molecule has 456 valence electrons. The molecule has 1 aliphatic rings. The zero-order valence-corrected chi connectivity index (χ0v) is 46.7. The lowest BCUT2D eigenvalue weighted by atomic mass is 10.0. The number of carboxylic acid groups (broad SMARTS) is 7. The Hall–Kier alpha value is -8.31. The normalized spacial score (nSPS) is 15.8. The van der Waals surface area contributed by atoms with Gasteiger partial charge in [-0.05, 0) is 99.7 Å². The van der Waals surface area contributed by atoms with E-state index >= 15 is 0 Å². The van der Waals surface area contributed by atoms with Gasteiger partial charge in [0.05, 0.1) is 19.1 Å². The maximum Gasteiger partial charge on any atom is 0.351 e. The van der Waals surface area contributed by atoms with Crippen molar-refractivity contribution in [2.75, 3.05) is 57.7 Å². The first-order valence-corrected chi connectivity index (χ1v) is 27.6. The van der Waals surface area contributed by atoms with Crippen LogP contribution >= 0.6 is 12.2 Å². The number of amides is 5. The molecule has 2 aromatic carbocycles. The molecule has 0 aromatic heterocycles. The number of nitrogens with zero attached hydrogens (tertiary/aromatic N) is 3. The van der Waals surface area contributed by atoms with Gasteiger partial charge in [0.2, 0.25) is 17.7 Å². The van der Waals surface area contributed by atoms with Crippen LogP contribution in [-0.2, 0) is 60.8 Å². The van der Waals surface area contributed by atoms with E-state index in [1.807, 2.05) is 30.3 Å². The van der Waals surface area contributed by atoms with Crippen LogP contribution in [0.25, 0.3) is 0 Å². The van der Waals surface area contributed by atoms with Crippen LogP contribution in [0.2, 0.25) is 0 Å². The summed E-state index contributed by atoms with van der Waals surface area (Å²) in [7, 11) is 0. The maximum absolute atomic E-state index is 13.6. The summed E-state index contributed by atoms with van der Waals surface area (Å²) in [5, 5.41) is 84.7. The Bertz CT molecular complexity index is 2560. The lowest BCUT2D eigenvalue weighted by molar-refractivity contribution is -0.142. The quantitative estimate of drug-likeness (QED) is 0.0333. The average Bonchev–Trinajstić information content (AvgIpc) is 3.80. The monoisotopic (exact) mass is 1180 g/mol. The molecule has 28 nitrogen and oxygen atoms in total. The molecule has 0 saturated carbocycles. The molecule has 0 saturated heterocycles. The third-order valence-corrected chi connectivity index (χ3v) is 13.2. The summed E-state index contributed by atoms with van der Waals surface area (Å²) in [4.78, 5) is 139. The Balaban J connectivity index is 1.39. The Morgan fingerprint density at radius 1 is 0.542 bits per heavy atom. The number of hydrogen-bond acceptors (Lipinski definition) is 15. The molecule has 3 unspecified atom stereocenters. The van der Waals surface area contributed by atoms with Gasteiger partial charge in [0.15, 0.2) is 5.11 Å². The van der Waals surface area contributed by atoms with Crippen LogP contribution in [0.5, 0.6) is 0 Å². The van der Waals surface area contributed by atoms with Crippen LogP contribution in [0, 0.1) is 0 Å². The SMILES string of the molecule is O=C(O)CC[C@H](NC(=O)N[C@@H](CCCCNC(=O)CCCCCCC(=O)NC(CCCCNC(=O)C(Cc1ccccc1)NC(=S)Nc1ccc(CC2CN(CC(=O)O)CCN(CC(=O)O)C/C(C(=O)O)=N/2)cc1)C(=O)O)C(=O)O)C(=O)O. The molecule has 14 N–H and O–H groups in total. The summed E-state index contributed by atoms with van der Waals surface area (Å²) in [5.74, 6) is -9.91. The third kappa shape index (κ3) is 29.8. The molecule has 0 aliphatic carbocycles. The number of unbranched alkanes of at least 4 members (excludes halogenated alkanes) is 5. The first-order valence-electron chi connectivity index (χ1n) is 27.2. The van der Waals surface area contributed by atoms with E-state index in [9.17, 15) is 83.4 Å². The molecular formula is C54H76N10O18S. The van der Waals surface area contributed by atoms with Crippen molar-refractivity contribution in [3.05, 3.63) is 65.7 Å². The molecule has 0 bridgehead atoms. The van der Waals surface area contributed by atoms with Crippen LogP contribution in [0.1, 0.15) is 101 Å². The fourth-order valence-corrected chi connectivity index (χ4v) is 8.99. The highest BCUT2D eigenvalue weighted by Crippen LogP contribution is 2.16. The first kappa shape index (κ1) is 69.0. The van der Waals surface area contributed by atoms with Crippen molar-refractivity contribution in [3.8, 4) is 0 Å². The van der Waals surface area contributed by atoms with Crippen molar-refractivity contribution >= 4 is 94.3 Å². The molecule has 3 rings (SSSR count). The molecule has 1 heterocycles. The predicted octanol–water partition coefficient (Wildman–Crippen LogP) is 1.36. The van der Waals surface area contributed by atoms with E-state index in [0.717, 1.165) is 11.1 Å². The fourth-order valence-electron chi connectivity index (χ4n) is 8.73. The van der Waals surface area contributed by atoms with Gasteiger partial charge >= 0.3 is 47.8 Å². The molecule has 0 radical (unpaired) electrons. The molecular weight excluding hydrogens is 1110 g/mol. The number of aliphatic imine (C=N–C) groups is 1. The van der Waals surface area contributed by atoms with Crippen molar-refractivity contribution in [1.29, 1.82) is 0 Å². The van der Waals surface area contributed by atoms with E-state index in [-0.39, 0.29) is 107 Å². The minimum absolute atomic E-state index is 0.0198. The zero-order chi connectivity index (χ0) is 61.3. The van der Waals surface area contributed by atoms with Crippen LogP contribution < -0.4 is 37.2 Å². The predicted molar refractivity (Wildman–Crippen MR) is 303 cm³/mol. The van der Waals surface area contributed by atoms with E-state index in [0.29, 0.717) is 57.1 Å². The fraction of sp³-hybridized carbons (Fsp3) is 0.537. The molecule has 0 spiro atoms. The second kappa shape index (κ2) is 37.7. The summed E-state index contributed by atoms with van der Waals surface area (Å²) in [6.07, 6.45) is 3.60. The highest BCUT2D eigenvalue weighted by atomic mass is 32.1. The van der Waals surface area contributed by atoms with Crippen LogP contribution in [0.15, 0.2) is 59.6 Å². The summed E-state index contributed by atoms with van der Waals surface area (Å²) in [6, 6.07) is 9.62. The standard InChI is InChI=1S/C54H76N10O18S/c65-43(55-24-10-8-15-39(50(76)77)60-53(82)61-40(51(78)79)22-23-45(67)68)16-6-1-2-7-17-44(66)59-38(49(74)75)14-9-11-25-56-48(73)41(29-34-12-4-3-5-13-34)62-54(83)58-36-20-18-35(19-21-36)28-37-30-63(32-46(69)70)26-27-64(33-47(71)72)31-42(57-37)52(80)81/h3-5,12-13,18-21,37-41H,1-2,6-11,14-17,22-33H2,(H,55,65)(H,56,73)(H,59,66)(H,67,68)(H,69,70)(H,71,72)(H,74,75)(H,76,77)(H,78,79)(H,80,81)(H2,58,62,83)(H2,60,61,82)/b57-42-/t37?,38?,39-,40-,41?/m0/s1. The summed E-state index contributed by atoms with van der Waals surface area (Å²) in [5.41, 5.74) is 1.91. The van der Waals surface area contributed by atoms with Gasteiger partial charge in [-0.25, -0.2) is 24.0 Å². The number of benzene rings is 2. The van der Waals surface area contributed by atoms with Crippen molar-refractivity contribution < 1.29 is 88.5 Å². The second-order valence-electron chi connectivity index (χ2n) is 19.8. The van der Waals surface area contributed by atoms with Crippen molar-refractivity contribution in [3.63, 3.8) is 0 Å². The Labute approximate surface area is 484 Å². The van der Waals surface area contributed by atoms with Gasteiger partial charge in [-0.2, -0.15) is 0 Å². The summed E-state index contributed by atoms with van der Waals surface area (Å²) >= 11 is 5.61. The van der Waals surface area contributed by atoms with Crippen molar-refractivity contribution in [2.45, 2.75) is 133 Å². The number of carboxylic acids is 7. The van der Waals surface area contributed by atoms with Crippen LogP contribution in [-0.4, -0.2) is 204 Å². The summed E-state index contributed by atoms with van der Waals surface area (Å²) in [6.45, 7) is -0.187. The lowest BCUT2D eigenvalue weighted by Gasteiger charge is -2.25. The third-order valence-electron chi connectivity index (χ3n) is 13.0. The zero-order valence-electron chi connectivity index (χ0n) is 45.9.